The summed E-state index contributed by atoms with van der Waals surface area (Å²) in [6, 6.07) is 2.19. The van der Waals surface area contributed by atoms with Crippen LogP contribution in [-0.4, -0.2) is 26.1 Å². The standard InChI is InChI=1S/C12H12N4O5/c1-6-8(7(2)21-15-6)5-13-11-10(16(19)20)4-3-9(14-11)12(17)18/h3-4H,5H2,1-2H3,(H,13,14)(H,17,18). The number of aromatic carboxylic acids is 1. The highest BCUT2D eigenvalue weighted by Gasteiger charge is 2.19. The molecule has 0 aliphatic carbocycles. The predicted octanol–water partition coefficient (Wildman–Crippen LogP) is 1.90. The molecule has 0 amide bonds. The first kappa shape index (κ1) is 14.4. The van der Waals surface area contributed by atoms with Gasteiger partial charge in [-0.25, -0.2) is 9.78 Å². The van der Waals surface area contributed by atoms with Crippen LogP contribution in [0.4, 0.5) is 11.5 Å². The van der Waals surface area contributed by atoms with Crippen LogP contribution in [0.2, 0.25) is 0 Å². The second kappa shape index (κ2) is 5.57. The minimum atomic E-state index is -1.26. The summed E-state index contributed by atoms with van der Waals surface area (Å²) >= 11 is 0. The van der Waals surface area contributed by atoms with E-state index in [0.29, 0.717) is 11.5 Å². The van der Waals surface area contributed by atoms with Gasteiger partial charge in [0.1, 0.15) is 5.76 Å². The number of hydrogen-bond acceptors (Lipinski definition) is 7. The Bertz CT molecular complexity index is 690. The molecule has 2 heterocycles. The molecular formula is C12H12N4O5. The van der Waals surface area contributed by atoms with Crippen LogP contribution in [0.5, 0.6) is 0 Å². The van der Waals surface area contributed by atoms with E-state index < -0.39 is 10.9 Å². The normalized spacial score (nSPS) is 10.4. The molecule has 0 aliphatic rings. The zero-order chi connectivity index (χ0) is 15.6. The molecule has 2 aromatic heterocycles. The van der Waals surface area contributed by atoms with Crippen molar-refractivity contribution in [2.75, 3.05) is 5.32 Å². The van der Waals surface area contributed by atoms with E-state index in [2.05, 4.69) is 15.5 Å². The predicted molar refractivity (Wildman–Crippen MR) is 71.2 cm³/mol. The van der Waals surface area contributed by atoms with Gasteiger partial charge in [-0.3, -0.25) is 10.1 Å². The van der Waals surface area contributed by atoms with Gasteiger partial charge in [-0.15, -0.1) is 0 Å². The molecule has 0 spiro atoms. The Morgan fingerprint density at radius 1 is 1.48 bits per heavy atom. The van der Waals surface area contributed by atoms with Gasteiger partial charge in [-0.05, 0) is 19.9 Å². The summed E-state index contributed by atoms with van der Waals surface area (Å²) < 4.78 is 4.98. The molecule has 0 bridgehead atoms. The molecule has 0 saturated carbocycles. The molecule has 0 fully saturated rings. The van der Waals surface area contributed by atoms with Crippen LogP contribution in [0.25, 0.3) is 0 Å². The summed E-state index contributed by atoms with van der Waals surface area (Å²) in [4.78, 5) is 25.0. The fraction of sp³-hybridized carbons (Fsp3) is 0.250. The number of pyridine rings is 1. The Kier molecular flexibility index (Phi) is 3.83. The quantitative estimate of drug-likeness (QED) is 0.630. The van der Waals surface area contributed by atoms with E-state index in [9.17, 15) is 14.9 Å². The van der Waals surface area contributed by atoms with Gasteiger partial charge in [0.2, 0.25) is 5.82 Å². The second-order valence-electron chi connectivity index (χ2n) is 4.28. The zero-order valence-corrected chi connectivity index (χ0v) is 11.3. The van der Waals surface area contributed by atoms with Gasteiger partial charge in [0.25, 0.3) is 0 Å². The van der Waals surface area contributed by atoms with Crippen molar-refractivity contribution < 1.29 is 19.3 Å². The van der Waals surface area contributed by atoms with Gasteiger partial charge in [0, 0.05) is 18.2 Å². The first-order valence-corrected chi connectivity index (χ1v) is 5.94. The molecule has 2 rings (SSSR count). The molecule has 21 heavy (non-hydrogen) atoms. The first-order chi connectivity index (χ1) is 9.90. The van der Waals surface area contributed by atoms with E-state index in [4.69, 9.17) is 9.63 Å². The fourth-order valence-corrected chi connectivity index (χ4v) is 1.77. The number of nitro groups is 1. The lowest BCUT2D eigenvalue weighted by atomic mass is 10.2. The Balaban J connectivity index is 2.31. The number of nitrogens with zero attached hydrogens (tertiary/aromatic N) is 3. The Morgan fingerprint density at radius 3 is 2.71 bits per heavy atom. The lowest BCUT2D eigenvalue weighted by molar-refractivity contribution is -0.384. The molecule has 0 aromatic carbocycles. The Hall–Kier alpha value is -2.97. The fourth-order valence-electron chi connectivity index (χ4n) is 1.77. The Morgan fingerprint density at radius 2 is 2.19 bits per heavy atom. The molecule has 0 saturated heterocycles. The first-order valence-electron chi connectivity index (χ1n) is 5.94. The van der Waals surface area contributed by atoms with E-state index in [-0.39, 0.29) is 23.7 Å². The average molecular weight is 292 g/mol. The number of hydrogen-bond donors (Lipinski definition) is 2. The van der Waals surface area contributed by atoms with Crippen molar-refractivity contribution in [3.05, 3.63) is 45.0 Å². The summed E-state index contributed by atoms with van der Waals surface area (Å²) in [5.41, 5.74) is 0.817. The number of nitrogens with one attached hydrogen (secondary N) is 1. The largest absolute Gasteiger partial charge is 0.477 e. The van der Waals surface area contributed by atoms with Crippen LogP contribution in [0, 0.1) is 24.0 Å². The lowest BCUT2D eigenvalue weighted by Gasteiger charge is -2.06. The molecule has 2 aromatic rings. The van der Waals surface area contributed by atoms with Crippen LogP contribution in [0.1, 0.15) is 27.5 Å². The average Bonchev–Trinajstić information content (AvgIpc) is 2.75. The highest BCUT2D eigenvalue weighted by molar-refractivity contribution is 5.86. The van der Waals surface area contributed by atoms with E-state index >= 15 is 0 Å². The van der Waals surface area contributed by atoms with Gasteiger partial charge in [-0.2, -0.15) is 0 Å². The molecular weight excluding hydrogens is 280 g/mol. The number of aromatic nitrogens is 2. The molecule has 0 aliphatic heterocycles. The van der Waals surface area contributed by atoms with Crippen LogP contribution in [0.15, 0.2) is 16.7 Å². The van der Waals surface area contributed by atoms with Crippen molar-refractivity contribution in [2.45, 2.75) is 20.4 Å². The second-order valence-corrected chi connectivity index (χ2v) is 4.28. The maximum atomic E-state index is 10.9. The van der Waals surface area contributed by atoms with Crippen LogP contribution in [0.3, 0.4) is 0 Å². The SMILES string of the molecule is Cc1noc(C)c1CNc1nc(C(=O)O)ccc1[N+](=O)[O-]. The molecule has 9 heteroatoms. The minimum Gasteiger partial charge on any atom is -0.477 e. The molecule has 0 atom stereocenters. The maximum Gasteiger partial charge on any atom is 0.354 e. The number of rotatable bonds is 5. The molecule has 9 nitrogen and oxygen atoms in total. The third kappa shape index (κ3) is 2.96. The van der Waals surface area contributed by atoms with Crippen molar-refractivity contribution in [2.24, 2.45) is 0 Å². The summed E-state index contributed by atoms with van der Waals surface area (Å²) in [6.07, 6.45) is 0. The lowest BCUT2D eigenvalue weighted by Crippen LogP contribution is -2.09. The number of carboxylic acids is 1. The number of aryl methyl sites for hydroxylation is 2. The smallest absolute Gasteiger partial charge is 0.354 e. The van der Waals surface area contributed by atoms with Crippen molar-refractivity contribution in [1.82, 2.24) is 10.1 Å². The highest BCUT2D eigenvalue weighted by Crippen LogP contribution is 2.23. The van der Waals surface area contributed by atoms with Crippen molar-refractivity contribution in [1.29, 1.82) is 0 Å². The number of carbonyl (C=O) groups is 1. The third-order valence-electron chi connectivity index (χ3n) is 2.90. The van der Waals surface area contributed by atoms with E-state index in [0.717, 1.165) is 17.7 Å². The van der Waals surface area contributed by atoms with Crippen LogP contribution in [-0.2, 0) is 6.54 Å². The van der Waals surface area contributed by atoms with E-state index in [1.807, 2.05) is 0 Å². The molecule has 2 N–H and O–H groups in total. The van der Waals surface area contributed by atoms with Gasteiger partial charge in [0.05, 0.1) is 10.6 Å². The summed E-state index contributed by atoms with van der Waals surface area (Å²) in [7, 11) is 0. The minimum absolute atomic E-state index is 0.111. The third-order valence-corrected chi connectivity index (χ3v) is 2.90. The van der Waals surface area contributed by atoms with Gasteiger partial charge in [0.15, 0.2) is 5.69 Å². The zero-order valence-electron chi connectivity index (χ0n) is 11.3. The van der Waals surface area contributed by atoms with E-state index in [1.165, 1.54) is 0 Å². The summed E-state index contributed by atoms with van der Waals surface area (Å²) in [5.74, 6) is -0.790. The number of anilines is 1. The topological polar surface area (TPSA) is 131 Å². The molecule has 0 radical (unpaired) electrons. The molecule has 110 valence electrons. The molecule has 0 unspecified atom stereocenters. The van der Waals surface area contributed by atoms with Gasteiger partial charge >= 0.3 is 11.7 Å². The number of carboxylic acid groups (broad SMARTS) is 1. The van der Waals surface area contributed by atoms with E-state index in [1.54, 1.807) is 13.8 Å². The van der Waals surface area contributed by atoms with Crippen molar-refractivity contribution >= 4 is 17.5 Å². The van der Waals surface area contributed by atoms with Gasteiger partial charge < -0.3 is 14.9 Å². The summed E-state index contributed by atoms with van der Waals surface area (Å²) in [5, 5.41) is 26.4. The van der Waals surface area contributed by atoms with Crippen molar-refractivity contribution in [3.8, 4) is 0 Å². The van der Waals surface area contributed by atoms with Crippen LogP contribution >= 0.6 is 0 Å². The van der Waals surface area contributed by atoms with Gasteiger partial charge in [-0.1, -0.05) is 5.16 Å². The Labute approximate surface area is 118 Å². The monoisotopic (exact) mass is 292 g/mol. The highest BCUT2D eigenvalue weighted by atomic mass is 16.6. The maximum absolute atomic E-state index is 10.9. The van der Waals surface area contributed by atoms with Crippen LogP contribution < -0.4 is 5.32 Å². The van der Waals surface area contributed by atoms with Crippen molar-refractivity contribution in [3.63, 3.8) is 0 Å². The summed E-state index contributed by atoms with van der Waals surface area (Å²) in [6.45, 7) is 3.65.